The summed E-state index contributed by atoms with van der Waals surface area (Å²) < 4.78 is 0. The number of nitrogens with zero attached hydrogens (tertiary/aromatic N) is 1. The Balaban J connectivity index is 1.86. The van der Waals surface area contributed by atoms with E-state index in [1.807, 2.05) is 17.8 Å². The van der Waals surface area contributed by atoms with Crippen LogP contribution in [0.15, 0.2) is 58.4 Å². The molecule has 0 saturated carbocycles. The number of fused-ring (bicyclic) bond motifs is 1. The summed E-state index contributed by atoms with van der Waals surface area (Å²) in [5, 5.41) is 5.89. The molecule has 23 heavy (non-hydrogen) atoms. The first kappa shape index (κ1) is 16.4. The highest BCUT2D eigenvalue weighted by molar-refractivity contribution is 7.99. The van der Waals surface area contributed by atoms with E-state index < -0.39 is 0 Å². The molecule has 3 rings (SSSR count). The van der Waals surface area contributed by atoms with Crippen molar-refractivity contribution >= 4 is 56.3 Å². The van der Waals surface area contributed by atoms with Gasteiger partial charge in [-0.3, -0.25) is 0 Å². The Kier molecular flexibility index (Phi) is 5.63. The Morgan fingerprint density at radius 3 is 2.74 bits per heavy atom. The second-order valence-corrected chi connectivity index (χ2v) is 7.68. The molecule has 0 atom stereocenters. The lowest BCUT2D eigenvalue weighted by molar-refractivity contribution is 0.896. The minimum atomic E-state index is 0.901. The summed E-state index contributed by atoms with van der Waals surface area (Å²) in [6.07, 6.45) is 2.52. The van der Waals surface area contributed by atoms with Crippen molar-refractivity contribution < 1.29 is 0 Å². The summed E-state index contributed by atoms with van der Waals surface area (Å²) >= 11 is 8.24. The molecule has 0 spiro atoms. The third kappa shape index (κ3) is 4.10. The van der Waals surface area contributed by atoms with Crippen LogP contribution in [-0.4, -0.2) is 10.9 Å². The van der Waals surface area contributed by atoms with Crippen LogP contribution in [0.25, 0.3) is 21.2 Å². The number of isothiocyanates is 1. The predicted molar refractivity (Wildman–Crippen MR) is 108 cm³/mol. The molecule has 0 N–H and O–H groups in total. The van der Waals surface area contributed by atoms with Gasteiger partial charge in [0.1, 0.15) is 5.00 Å². The van der Waals surface area contributed by atoms with Gasteiger partial charge in [-0.2, -0.15) is 4.99 Å². The maximum atomic E-state index is 4.66. The molecule has 0 aliphatic rings. The fourth-order valence-electron chi connectivity index (χ4n) is 2.39. The lowest BCUT2D eigenvalue weighted by Crippen LogP contribution is -1.80. The number of hydrogen-bond donors (Lipinski definition) is 0. The third-order valence-corrected chi connectivity index (χ3v) is 5.81. The summed E-state index contributed by atoms with van der Waals surface area (Å²) in [5.74, 6) is 1.19. The lowest BCUT2D eigenvalue weighted by atomic mass is 10.1. The number of benzene rings is 2. The largest absolute Gasteiger partial charge is 0.184 e. The number of thioether (sulfide) groups is 1. The van der Waals surface area contributed by atoms with Gasteiger partial charge in [0.05, 0.1) is 5.16 Å². The standard InChI is InChI=1S/C19H17NS3/c1-2-3-10-22-17-7-6-14-11-16(5-4-15(14)12-17)18-8-9-19(23-18)20-13-21/h4-9,11-12H,2-3,10H2,1H3. The fraction of sp³-hybridized carbons (Fsp3) is 0.211. The van der Waals surface area contributed by atoms with E-state index in [2.05, 4.69) is 71.8 Å². The van der Waals surface area contributed by atoms with E-state index in [0.717, 1.165) is 5.00 Å². The topological polar surface area (TPSA) is 12.4 Å². The molecule has 0 saturated heterocycles. The van der Waals surface area contributed by atoms with Crippen LogP contribution in [0.2, 0.25) is 0 Å². The van der Waals surface area contributed by atoms with E-state index in [4.69, 9.17) is 0 Å². The van der Waals surface area contributed by atoms with E-state index >= 15 is 0 Å². The minimum absolute atomic E-state index is 0.901. The van der Waals surface area contributed by atoms with Crippen molar-refractivity contribution in [3.63, 3.8) is 0 Å². The number of rotatable bonds is 6. The zero-order chi connectivity index (χ0) is 16.1. The monoisotopic (exact) mass is 355 g/mol. The molecule has 0 aliphatic heterocycles. The summed E-state index contributed by atoms with van der Waals surface area (Å²) in [7, 11) is 0. The van der Waals surface area contributed by atoms with Gasteiger partial charge in [0, 0.05) is 9.77 Å². The van der Waals surface area contributed by atoms with Crippen LogP contribution >= 0.6 is 35.3 Å². The first-order chi connectivity index (χ1) is 11.3. The SMILES string of the molecule is CCCCSc1ccc2cc(-c3ccc(N=C=S)s3)ccc2c1. The van der Waals surface area contributed by atoms with Crippen molar-refractivity contribution in [3.05, 3.63) is 48.5 Å². The van der Waals surface area contributed by atoms with Gasteiger partial charge in [-0.15, -0.1) is 23.1 Å². The molecule has 0 unspecified atom stereocenters. The van der Waals surface area contributed by atoms with Crippen LogP contribution in [0.3, 0.4) is 0 Å². The summed E-state index contributed by atoms with van der Waals surface area (Å²) in [4.78, 5) is 6.60. The highest BCUT2D eigenvalue weighted by Gasteiger charge is 2.04. The van der Waals surface area contributed by atoms with Crippen molar-refractivity contribution in [2.24, 2.45) is 4.99 Å². The van der Waals surface area contributed by atoms with E-state index in [1.165, 1.54) is 44.7 Å². The van der Waals surface area contributed by atoms with E-state index in [0.29, 0.717) is 0 Å². The van der Waals surface area contributed by atoms with Gasteiger partial charge < -0.3 is 0 Å². The van der Waals surface area contributed by atoms with Crippen molar-refractivity contribution in [2.45, 2.75) is 24.7 Å². The molecular formula is C19H17NS3. The van der Waals surface area contributed by atoms with Crippen LogP contribution in [0, 0.1) is 0 Å². The van der Waals surface area contributed by atoms with Crippen molar-refractivity contribution in [1.82, 2.24) is 0 Å². The highest BCUT2D eigenvalue weighted by atomic mass is 32.2. The second-order valence-electron chi connectivity index (χ2n) is 5.27. The summed E-state index contributed by atoms with van der Waals surface area (Å²) in [6.45, 7) is 2.23. The van der Waals surface area contributed by atoms with E-state index in [9.17, 15) is 0 Å². The predicted octanol–water partition coefficient (Wildman–Crippen LogP) is 7.19. The molecule has 0 fully saturated rings. The Morgan fingerprint density at radius 1 is 1.09 bits per heavy atom. The lowest BCUT2D eigenvalue weighted by Gasteiger charge is -2.05. The number of thiophene rings is 1. The fourth-order valence-corrected chi connectivity index (χ4v) is 4.42. The molecular weight excluding hydrogens is 338 g/mol. The molecule has 0 aliphatic carbocycles. The smallest absolute Gasteiger partial charge is 0.127 e. The average Bonchev–Trinajstić information content (AvgIpc) is 3.04. The van der Waals surface area contributed by atoms with Crippen LogP contribution in [0.1, 0.15) is 19.8 Å². The van der Waals surface area contributed by atoms with Crippen molar-refractivity contribution in [3.8, 4) is 10.4 Å². The molecule has 4 heteroatoms. The Morgan fingerprint density at radius 2 is 1.91 bits per heavy atom. The zero-order valence-electron chi connectivity index (χ0n) is 12.9. The molecule has 1 heterocycles. The van der Waals surface area contributed by atoms with E-state index in [1.54, 1.807) is 11.3 Å². The van der Waals surface area contributed by atoms with Gasteiger partial charge >= 0.3 is 0 Å². The third-order valence-electron chi connectivity index (χ3n) is 3.61. The first-order valence-corrected chi connectivity index (χ1v) is 9.86. The molecule has 116 valence electrons. The average molecular weight is 356 g/mol. The molecule has 2 aromatic carbocycles. The number of hydrogen-bond acceptors (Lipinski definition) is 4. The molecule has 3 aromatic rings. The molecule has 0 amide bonds. The number of unbranched alkanes of at least 4 members (excludes halogenated alkanes) is 1. The maximum Gasteiger partial charge on any atom is 0.127 e. The van der Waals surface area contributed by atoms with Gasteiger partial charge in [0.25, 0.3) is 0 Å². The summed E-state index contributed by atoms with van der Waals surface area (Å²) in [6, 6.07) is 17.4. The zero-order valence-corrected chi connectivity index (χ0v) is 15.4. The van der Waals surface area contributed by atoms with E-state index in [-0.39, 0.29) is 0 Å². The minimum Gasteiger partial charge on any atom is -0.184 e. The second kappa shape index (κ2) is 7.89. The Labute approximate surface area is 150 Å². The Hall–Kier alpha value is -1.45. The van der Waals surface area contributed by atoms with Crippen LogP contribution in [0.5, 0.6) is 0 Å². The summed E-state index contributed by atoms with van der Waals surface area (Å²) in [5.41, 5.74) is 1.22. The van der Waals surface area contributed by atoms with Crippen LogP contribution in [-0.2, 0) is 0 Å². The van der Waals surface area contributed by atoms with Gasteiger partial charge in [-0.1, -0.05) is 31.5 Å². The quantitative estimate of drug-likeness (QED) is 0.201. The van der Waals surface area contributed by atoms with Gasteiger partial charge in [0.15, 0.2) is 0 Å². The van der Waals surface area contributed by atoms with Gasteiger partial charge in [0.2, 0.25) is 0 Å². The first-order valence-electron chi connectivity index (χ1n) is 7.65. The normalized spacial score (nSPS) is 10.7. The molecule has 0 bridgehead atoms. The molecule has 0 radical (unpaired) electrons. The molecule has 1 nitrogen and oxygen atoms in total. The van der Waals surface area contributed by atoms with Crippen LogP contribution in [0.4, 0.5) is 5.00 Å². The maximum absolute atomic E-state index is 4.66. The molecule has 1 aromatic heterocycles. The van der Waals surface area contributed by atoms with Gasteiger partial charge in [-0.25, -0.2) is 0 Å². The van der Waals surface area contributed by atoms with Crippen LogP contribution < -0.4 is 0 Å². The number of aliphatic imine (C=N–C) groups is 1. The van der Waals surface area contributed by atoms with Crippen molar-refractivity contribution in [2.75, 3.05) is 5.75 Å². The van der Waals surface area contributed by atoms with Gasteiger partial charge in [-0.05, 0) is 71.1 Å². The Bertz CT molecular complexity index is 860. The number of thiocarbonyl (C=S) groups is 1. The highest BCUT2D eigenvalue weighted by Crippen LogP contribution is 2.35. The van der Waals surface area contributed by atoms with Crippen molar-refractivity contribution in [1.29, 1.82) is 0 Å².